The molecule has 1 amide bonds. The second-order valence-electron chi connectivity index (χ2n) is 6.42. The maximum atomic E-state index is 12.3. The van der Waals surface area contributed by atoms with Crippen LogP contribution in [-0.2, 0) is 9.53 Å². The van der Waals surface area contributed by atoms with Gasteiger partial charge in [0.2, 0.25) is 5.91 Å². The first-order valence-electron chi connectivity index (χ1n) is 7.86. The molecule has 0 radical (unpaired) electrons. The van der Waals surface area contributed by atoms with Crippen molar-refractivity contribution in [3.8, 4) is 0 Å². The molecule has 3 N–H and O–H groups in total. The monoisotopic (exact) mass is 313 g/mol. The van der Waals surface area contributed by atoms with Gasteiger partial charge in [0.25, 0.3) is 0 Å². The first kappa shape index (κ1) is 16.6. The molecule has 0 aromatic carbocycles. The Balaban J connectivity index is 1.81. The Hall–Kier alpha value is -0.720. The number of hydrogen-bond donors (Lipinski definition) is 2. The average Bonchev–Trinajstić information content (AvgIpc) is 2.39. The fourth-order valence-electron chi connectivity index (χ4n) is 3.23. The van der Waals surface area contributed by atoms with Gasteiger partial charge in [0, 0.05) is 26.1 Å². The quantitative estimate of drug-likeness (QED) is 0.718. The highest BCUT2D eigenvalue weighted by molar-refractivity contribution is 7.80. The molecule has 0 spiro atoms. The zero-order valence-corrected chi connectivity index (χ0v) is 13.9. The van der Waals surface area contributed by atoms with Crippen molar-refractivity contribution in [2.24, 2.45) is 11.7 Å². The zero-order chi connectivity index (χ0) is 15.5. The number of likely N-dealkylation sites (tertiary alicyclic amines) is 1. The topological polar surface area (TPSA) is 67.6 Å². The molecule has 1 saturated carbocycles. The van der Waals surface area contributed by atoms with E-state index in [2.05, 4.69) is 17.3 Å². The predicted octanol–water partition coefficient (Wildman–Crippen LogP) is 1.06. The van der Waals surface area contributed by atoms with Crippen LogP contribution in [-0.4, -0.2) is 54.2 Å². The Kier molecular flexibility index (Phi) is 5.57. The first-order chi connectivity index (χ1) is 9.95. The van der Waals surface area contributed by atoms with Crippen LogP contribution in [0.4, 0.5) is 0 Å². The second-order valence-corrected chi connectivity index (χ2v) is 6.86. The summed E-state index contributed by atoms with van der Waals surface area (Å²) < 4.78 is 5.53. The number of hydrogen-bond acceptors (Lipinski definition) is 4. The SMILES string of the molecule is CCOC1CC(CC(=O)NC2(C(N)=S)CCN(C)CC2)C1. The molecular formula is C15H27N3O2S. The summed E-state index contributed by atoms with van der Waals surface area (Å²) in [6, 6.07) is 0. The van der Waals surface area contributed by atoms with Crippen molar-refractivity contribution in [3.63, 3.8) is 0 Å². The number of nitrogens with two attached hydrogens (primary N) is 1. The largest absolute Gasteiger partial charge is 0.391 e. The van der Waals surface area contributed by atoms with Gasteiger partial charge >= 0.3 is 0 Å². The number of nitrogens with one attached hydrogen (secondary N) is 1. The molecular weight excluding hydrogens is 286 g/mol. The van der Waals surface area contributed by atoms with E-state index in [0.29, 0.717) is 23.4 Å². The molecule has 0 aromatic heterocycles. The van der Waals surface area contributed by atoms with Crippen LogP contribution in [0.25, 0.3) is 0 Å². The third-order valence-electron chi connectivity index (χ3n) is 4.76. The van der Waals surface area contributed by atoms with E-state index >= 15 is 0 Å². The lowest BCUT2D eigenvalue weighted by atomic mass is 9.79. The fraction of sp³-hybridized carbons (Fsp3) is 0.867. The van der Waals surface area contributed by atoms with Crippen LogP contribution in [0.3, 0.4) is 0 Å². The summed E-state index contributed by atoms with van der Waals surface area (Å²) >= 11 is 5.22. The van der Waals surface area contributed by atoms with Gasteiger partial charge in [0.05, 0.1) is 16.6 Å². The van der Waals surface area contributed by atoms with Gasteiger partial charge in [0.15, 0.2) is 0 Å². The molecule has 0 atom stereocenters. The van der Waals surface area contributed by atoms with E-state index in [1.807, 2.05) is 6.92 Å². The van der Waals surface area contributed by atoms with Crippen LogP contribution in [0, 0.1) is 5.92 Å². The smallest absolute Gasteiger partial charge is 0.221 e. The van der Waals surface area contributed by atoms with Crippen LogP contribution in [0.1, 0.15) is 39.0 Å². The fourth-order valence-corrected chi connectivity index (χ4v) is 3.48. The molecule has 1 aliphatic carbocycles. The van der Waals surface area contributed by atoms with E-state index < -0.39 is 5.54 Å². The number of piperidine rings is 1. The van der Waals surface area contributed by atoms with Crippen molar-refractivity contribution in [2.45, 2.75) is 50.7 Å². The summed E-state index contributed by atoms with van der Waals surface area (Å²) in [5, 5.41) is 3.13. The highest BCUT2D eigenvalue weighted by Crippen LogP contribution is 2.33. The third-order valence-corrected chi connectivity index (χ3v) is 5.15. The van der Waals surface area contributed by atoms with Crippen molar-refractivity contribution in [3.05, 3.63) is 0 Å². The predicted molar refractivity (Wildman–Crippen MR) is 87.1 cm³/mol. The number of ether oxygens (including phenoxy) is 1. The number of carbonyl (C=O) groups is 1. The molecule has 0 unspecified atom stereocenters. The average molecular weight is 313 g/mol. The van der Waals surface area contributed by atoms with Crippen LogP contribution >= 0.6 is 12.2 Å². The maximum absolute atomic E-state index is 12.3. The minimum absolute atomic E-state index is 0.0762. The molecule has 120 valence electrons. The lowest BCUT2D eigenvalue weighted by Gasteiger charge is -2.41. The second kappa shape index (κ2) is 7.03. The van der Waals surface area contributed by atoms with E-state index in [4.69, 9.17) is 22.7 Å². The summed E-state index contributed by atoms with van der Waals surface area (Å²) in [5.74, 6) is 0.517. The summed E-state index contributed by atoms with van der Waals surface area (Å²) in [6.07, 6.45) is 4.49. The lowest BCUT2D eigenvalue weighted by Crippen LogP contribution is -2.61. The Morgan fingerprint density at radius 1 is 1.43 bits per heavy atom. The normalized spacial score (nSPS) is 28.7. The molecule has 0 bridgehead atoms. The Morgan fingerprint density at radius 3 is 2.57 bits per heavy atom. The number of carbonyl (C=O) groups excluding carboxylic acids is 1. The van der Waals surface area contributed by atoms with Gasteiger partial charge in [-0.2, -0.15) is 0 Å². The van der Waals surface area contributed by atoms with Gasteiger partial charge in [-0.25, -0.2) is 0 Å². The Labute approximate surface area is 132 Å². The van der Waals surface area contributed by atoms with E-state index in [1.165, 1.54) is 0 Å². The van der Waals surface area contributed by atoms with E-state index in [0.717, 1.165) is 45.4 Å². The molecule has 1 aliphatic heterocycles. The highest BCUT2D eigenvalue weighted by Gasteiger charge is 2.39. The van der Waals surface area contributed by atoms with Crippen molar-refractivity contribution >= 4 is 23.1 Å². The minimum Gasteiger partial charge on any atom is -0.391 e. The molecule has 6 heteroatoms. The molecule has 0 aromatic rings. The zero-order valence-electron chi connectivity index (χ0n) is 13.1. The number of nitrogens with zero attached hydrogens (tertiary/aromatic N) is 1. The Bertz CT molecular complexity index is 388. The van der Waals surface area contributed by atoms with Crippen molar-refractivity contribution in [1.29, 1.82) is 0 Å². The molecule has 5 nitrogen and oxygen atoms in total. The highest BCUT2D eigenvalue weighted by atomic mass is 32.1. The van der Waals surface area contributed by atoms with Crippen LogP contribution < -0.4 is 11.1 Å². The number of thiocarbonyl (C=S) groups is 1. The molecule has 21 heavy (non-hydrogen) atoms. The lowest BCUT2D eigenvalue weighted by molar-refractivity contribution is -0.126. The molecule has 2 fully saturated rings. The summed E-state index contributed by atoms with van der Waals surface area (Å²) in [5.41, 5.74) is 5.43. The number of rotatable bonds is 6. The van der Waals surface area contributed by atoms with Crippen LogP contribution in [0.15, 0.2) is 0 Å². The van der Waals surface area contributed by atoms with Gasteiger partial charge in [-0.15, -0.1) is 0 Å². The number of amides is 1. The van der Waals surface area contributed by atoms with Gasteiger partial charge in [-0.1, -0.05) is 12.2 Å². The molecule has 2 rings (SSSR count). The minimum atomic E-state index is -0.484. The van der Waals surface area contributed by atoms with Gasteiger partial charge in [-0.05, 0) is 45.6 Å². The van der Waals surface area contributed by atoms with Gasteiger partial charge in [-0.3, -0.25) is 4.79 Å². The van der Waals surface area contributed by atoms with Crippen molar-refractivity contribution in [2.75, 3.05) is 26.7 Å². The van der Waals surface area contributed by atoms with Crippen LogP contribution in [0.2, 0.25) is 0 Å². The van der Waals surface area contributed by atoms with E-state index in [9.17, 15) is 4.79 Å². The van der Waals surface area contributed by atoms with Gasteiger partial charge in [0.1, 0.15) is 0 Å². The Morgan fingerprint density at radius 2 is 2.05 bits per heavy atom. The molecule has 1 saturated heterocycles. The maximum Gasteiger partial charge on any atom is 0.221 e. The first-order valence-corrected chi connectivity index (χ1v) is 8.27. The third kappa shape index (κ3) is 4.14. The summed E-state index contributed by atoms with van der Waals surface area (Å²) in [7, 11) is 2.08. The molecule has 2 aliphatic rings. The van der Waals surface area contributed by atoms with Crippen LogP contribution in [0.5, 0.6) is 0 Å². The van der Waals surface area contributed by atoms with E-state index in [1.54, 1.807) is 0 Å². The van der Waals surface area contributed by atoms with Crippen molar-refractivity contribution in [1.82, 2.24) is 10.2 Å². The molecule has 1 heterocycles. The van der Waals surface area contributed by atoms with Gasteiger partial charge < -0.3 is 20.7 Å². The van der Waals surface area contributed by atoms with E-state index in [-0.39, 0.29) is 5.91 Å². The summed E-state index contributed by atoms with van der Waals surface area (Å²) in [6.45, 7) is 4.58. The standard InChI is InChI=1S/C15H27N3O2S/c1-3-20-12-8-11(9-12)10-13(19)17-15(14(16)21)4-6-18(2)7-5-15/h11-12H,3-10H2,1-2H3,(H2,16,21)(H,17,19). The van der Waals surface area contributed by atoms with Crippen molar-refractivity contribution < 1.29 is 9.53 Å². The summed E-state index contributed by atoms with van der Waals surface area (Å²) in [4.78, 5) is 14.9.